The zero-order chi connectivity index (χ0) is 53.7. The summed E-state index contributed by atoms with van der Waals surface area (Å²) in [7, 11) is 0.114. The molecule has 2 unspecified atom stereocenters. The van der Waals surface area contributed by atoms with E-state index in [0.29, 0.717) is 75.6 Å². The summed E-state index contributed by atoms with van der Waals surface area (Å²) in [6.07, 6.45) is 11.2. The number of anilines is 1. The number of likely N-dealkylation sites (tertiary alicyclic amines) is 1. The number of methoxy groups -OCH3 is 1. The van der Waals surface area contributed by atoms with Crippen molar-refractivity contribution in [1.82, 2.24) is 29.5 Å². The van der Waals surface area contributed by atoms with Crippen molar-refractivity contribution in [3.05, 3.63) is 112 Å². The van der Waals surface area contributed by atoms with Crippen molar-refractivity contribution in [3.8, 4) is 23.3 Å². The zero-order valence-corrected chi connectivity index (χ0v) is 45.1. The summed E-state index contributed by atoms with van der Waals surface area (Å²) in [5.41, 5.74) is 11.5. The Balaban J connectivity index is 0.000000407. The van der Waals surface area contributed by atoms with Gasteiger partial charge in [-0.2, -0.15) is 20.7 Å². The smallest absolute Gasteiger partial charge is 0.306 e. The summed E-state index contributed by atoms with van der Waals surface area (Å²) in [5, 5.41) is 36.3. The summed E-state index contributed by atoms with van der Waals surface area (Å²) in [6.45, 7) is 11.6. The minimum Gasteiger partial charge on any atom is -0.494 e. The number of carbonyl (C=O) groups excluding carboxylic acids is 2. The summed E-state index contributed by atoms with van der Waals surface area (Å²) in [5.74, 6) is 1.37. The van der Waals surface area contributed by atoms with Crippen LogP contribution < -0.4 is 24.8 Å². The van der Waals surface area contributed by atoms with Gasteiger partial charge in [0.1, 0.15) is 58.0 Å². The molecule has 5 N–H and O–H groups in total. The number of aromatic amines is 1. The third-order valence-electron chi connectivity index (χ3n) is 14.6. The minimum atomic E-state index is -1.47. The molecular formula is C56H68ClN11O7S. The van der Waals surface area contributed by atoms with E-state index in [2.05, 4.69) is 37.3 Å². The summed E-state index contributed by atoms with van der Waals surface area (Å²) < 4.78 is 39.3. The van der Waals surface area contributed by atoms with E-state index >= 15 is 0 Å². The van der Waals surface area contributed by atoms with Crippen LogP contribution in [0.15, 0.2) is 83.8 Å². The highest BCUT2D eigenvalue weighted by Gasteiger charge is 2.29. The first kappa shape index (κ1) is 55.4. The van der Waals surface area contributed by atoms with Crippen molar-refractivity contribution in [2.75, 3.05) is 77.6 Å². The second-order valence-electron chi connectivity index (χ2n) is 19.6. The van der Waals surface area contributed by atoms with Crippen LogP contribution in [0, 0.1) is 35.0 Å². The maximum Gasteiger partial charge on any atom is 0.306 e. The number of hydrogen-bond donors (Lipinski definition) is 4. The maximum absolute atomic E-state index is 14.2. The highest BCUT2D eigenvalue weighted by atomic mass is 35.5. The number of rotatable bonds is 16. The number of piperazine rings is 1. The average molecular weight is 1070 g/mol. The predicted octanol–water partition coefficient (Wildman–Crippen LogP) is 8.07. The molecule has 1 saturated carbocycles. The molecule has 3 fully saturated rings. The van der Waals surface area contributed by atoms with E-state index in [1.54, 1.807) is 26.2 Å². The Kier molecular flexibility index (Phi) is 19.1. The van der Waals surface area contributed by atoms with Gasteiger partial charge in [0.2, 0.25) is 0 Å². The van der Waals surface area contributed by atoms with Crippen LogP contribution >= 0.6 is 11.6 Å². The van der Waals surface area contributed by atoms with Gasteiger partial charge in [0.05, 0.1) is 41.7 Å². The van der Waals surface area contributed by atoms with E-state index in [9.17, 15) is 13.8 Å². The number of nitrogens with two attached hydrogens (primary N) is 1. The lowest BCUT2D eigenvalue weighted by molar-refractivity contribution is -0.143. The number of halogens is 1. The Morgan fingerprint density at radius 3 is 2.43 bits per heavy atom. The third-order valence-corrected chi connectivity index (χ3v) is 16.4. The molecule has 9 rings (SSSR count). The van der Waals surface area contributed by atoms with Gasteiger partial charge in [0, 0.05) is 82.6 Å². The summed E-state index contributed by atoms with van der Waals surface area (Å²) in [4.78, 5) is 31.6. The second kappa shape index (κ2) is 26.3. The quantitative estimate of drug-likeness (QED) is 0.0416. The monoisotopic (exact) mass is 1070 g/mol. The van der Waals surface area contributed by atoms with Crippen LogP contribution in [0.1, 0.15) is 92.0 Å². The van der Waals surface area contributed by atoms with Crippen molar-refractivity contribution in [2.45, 2.75) is 88.7 Å². The molecular weight excluding hydrogens is 1010 g/mol. The molecule has 0 spiro atoms. The van der Waals surface area contributed by atoms with Gasteiger partial charge in [0.15, 0.2) is 5.52 Å². The third kappa shape index (κ3) is 14.1. The fourth-order valence-electron chi connectivity index (χ4n) is 10.2. The second-order valence-corrected chi connectivity index (χ2v) is 21.5. The molecule has 0 bridgehead atoms. The van der Waals surface area contributed by atoms with Gasteiger partial charge in [0.25, 0.3) is 5.91 Å². The van der Waals surface area contributed by atoms with Crippen molar-refractivity contribution >= 4 is 62.7 Å². The maximum atomic E-state index is 14.2. The lowest BCUT2D eigenvalue weighted by Crippen LogP contribution is -2.49. The molecule has 1 aliphatic carbocycles. The van der Waals surface area contributed by atoms with Crippen molar-refractivity contribution < 1.29 is 32.7 Å². The van der Waals surface area contributed by atoms with Gasteiger partial charge >= 0.3 is 5.97 Å². The van der Waals surface area contributed by atoms with E-state index in [1.807, 2.05) is 64.7 Å². The van der Waals surface area contributed by atoms with Gasteiger partial charge in [-0.1, -0.05) is 36.2 Å². The summed E-state index contributed by atoms with van der Waals surface area (Å²) >= 11 is 5.94. The molecule has 4 heterocycles. The minimum absolute atomic E-state index is 0.124. The van der Waals surface area contributed by atoms with Gasteiger partial charge in [-0.15, -0.1) is 0 Å². The standard InChI is InChI=1S/C43H54N10O6S.C13H14ClNO/c1-4-58-41(54)25-34(31-22-36-42(48-49-47-36)38(23-31)57-3)30-6-5-28(2)32(21-30)27-53-19-20-59-37-24-33(7-9-39(37)60(53)56)51-17-15-50(16-18-51)26-29-11-13-52(14-12-29)40(45)10-8-35(44)43(46)55;14-13-8-12(7-6-10(13)9-15)16-11-4-2-1-3-5-11/h5-10,21-24,29,34,44-45H,4,11-20,25-27H2,1-3H3,(H2,46,55)(H,47,48,49);6-8,11H,1-5H2/b10-8-,44-35?,45-40?;. The van der Waals surface area contributed by atoms with Crippen LogP contribution in [-0.4, -0.2) is 136 Å². The van der Waals surface area contributed by atoms with Gasteiger partial charge in [-0.05, 0) is 129 Å². The molecule has 76 heavy (non-hydrogen) atoms. The SMILES string of the molecule is CCOC(=O)CC(c1ccc(C)c(CN2CCOc3cc(N4CCN(CC5CCN(C(=N)/C=C\C(=N)C(N)=O)CC5)CC4)ccc3S2=O)c1)c1cc(OC)c2n[nH]nc2c1.N#Cc1ccc(OC2CCCCC2)cc1Cl. The fraction of sp³-hybridized carbons (Fsp3) is 0.446. The predicted molar refractivity (Wildman–Crippen MR) is 294 cm³/mol. The number of ether oxygens (including phenoxy) is 4. The van der Waals surface area contributed by atoms with Crippen molar-refractivity contribution in [2.24, 2.45) is 11.7 Å². The highest BCUT2D eigenvalue weighted by molar-refractivity contribution is 7.82. The topological polar surface area (TPSA) is 240 Å². The number of carbonyl (C=O) groups is 2. The Labute approximate surface area is 452 Å². The first-order valence-electron chi connectivity index (χ1n) is 26.1. The number of H-pyrrole nitrogens is 1. The summed E-state index contributed by atoms with van der Waals surface area (Å²) in [6, 6.07) is 23.3. The number of nitrogens with zero attached hydrogens (tertiary/aromatic N) is 7. The molecule has 4 aromatic carbocycles. The van der Waals surface area contributed by atoms with E-state index in [1.165, 1.54) is 31.4 Å². The number of hydrogen-bond acceptors (Lipinski definition) is 14. The number of esters is 1. The average Bonchev–Trinajstić information content (AvgIpc) is 3.86. The number of aromatic nitrogens is 3. The normalized spacial score (nSPS) is 18.1. The number of piperidine rings is 1. The van der Waals surface area contributed by atoms with Crippen molar-refractivity contribution in [1.29, 1.82) is 16.1 Å². The molecule has 5 aromatic rings. The molecule has 2 saturated heterocycles. The molecule has 402 valence electrons. The number of aryl methyl sites for hydroxylation is 1. The molecule has 1 aromatic heterocycles. The molecule has 4 aliphatic rings. The zero-order valence-electron chi connectivity index (χ0n) is 43.5. The Hall–Kier alpha value is -6.85. The van der Waals surface area contributed by atoms with E-state index in [4.69, 9.17) is 52.4 Å². The van der Waals surface area contributed by atoms with E-state index in [-0.39, 0.29) is 30.6 Å². The lowest BCUT2D eigenvalue weighted by atomic mass is 9.86. The molecule has 18 nitrogen and oxygen atoms in total. The number of nitrogens with one attached hydrogen (secondary N) is 3. The molecule has 0 radical (unpaired) electrons. The molecule has 2 atom stereocenters. The molecule has 1 amide bonds. The first-order valence-corrected chi connectivity index (χ1v) is 27.6. The fourth-order valence-corrected chi connectivity index (χ4v) is 11.7. The molecule has 20 heteroatoms. The van der Waals surface area contributed by atoms with Gasteiger partial charge < -0.3 is 34.5 Å². The number of nitriles is 1. The Morgan fingerprint density at radius 2 is 1.72 bits per heavy atom. The van der Waals surface area contributed by atoms with Gasteiger partial charge in [-0.25, -0.2) is 8.51 Å². The van der Waals surface area contributed by atoms with Crippen LogP contribution in [0.4, 0.5) is 5.69 Å². The van der Waals surface area contributed by atoms with Crippen LogP contribution in [0.3, 0.4) is 0 Å². The highest BCUT2D eigenvalue weighted by Crippen LogP contribution is 2.37. The van der Waals surface area contributed by atoms with Crippen LogP contribution in [0.2, 0.25) is 5.02 Å². The van der Waals surface area contributed by atoms with E-state index < -0.39 is 16.9 Å². The van der Waals surface area contributed by atoms with Crippen LogP contribution in [0.25, 0.3) is 11.0 Å². The van der Waals surface area contributed by atoms with Crippen molar-refractivity contribution in [3.63, 3.8) is 0 Å². The van der Waals surface area contributed by atoms with Crippen LogP contribution in [0.5, 0.6) is 17.2 Å². The Morgan fingerprint density at radius 1 is 0.947 bits per heavy atom. The Bertz CT molecular complexity index is 2980. The first-order chi connectivity index (χ1) is 36.8. The number of benzene rings is 4. The van der Waals surface area contributed by atoms with E-state index in [0.717, 1.165) is 105 Å². The molecule has 3 aliphatic heterocycles. The van der Waals surface area contributed by atoms with Crippen LogP contribution in [-0.2, 0) is 31.9 Å². The largest absolute Gasteiger partial charge is 0.494 e. The number of amidine groups is 1. The number of fused-ring (bicyclic) bond motifs is 2. The van der Waals surface area contributed by atoms with Gasteiger partial charge in [-0.3, -0.25) is 25.3 Å². The number of primary amides is 1. The lowest BCUT2D eigenvalue weighted by Gasteiger charge is -2.40. The number of amides is 1.